The third-order valence-corrected chi connectivity index (χ3v) is 5.04. The molecule has 2 aromatic heterocycles. The van der Waals surface area contributed by atoms with Gasteiger partial charge in [-0.3, -0.25) is 4.79 Å². The van der Waals surface area contributed by atoms with E-state index >= 15 is 0 Å². The number of nitrogens with zero attached hydrogens (tertiary/aromatic N) is 4. The van der Waals surface area contributed by atoms with Crippen LogP contribution in [-0.4, -0.2) is 50.5 Å². The summed E-state index contributed by atoms with van der Waals surface area (Å²) in [6.45, 7) is 0.630. The Bertz CT molecular complexity index is 1300. The van der Waals surface area contributed by atoms with Crippen LogP contribution in [-0.2, 0) is 6.42 Å². The predicted molar refractivity (Wildman–Crippen MR) is 112 cm³/mol. The monoisotopic (exact) mass is 420 g/mol. The van der Waals surface area contributed by atoms with Crippen molar-refractivity contribution in [1.29, 1.82) is 0 Å². The topological polar surface area (TPSA) is 137 Å². The number of nitrogen functional groups attached to an aromatic ring is 1. The zero-order valence-corrected chi connectivity index (χ0v) is 16.5. The summed E-state index contributed by atoms with van der Waals surface area (Å²) in [6, 6.07) is 10.9. The Morgan fingerprint density at radius 1 is 1.16 bits per heavy atom. The van der Waals surface area contributed by atoms with Crippen molar-refractivity contribution in [3.8, 4) is 11.5 Å². The zero-order valence-electron chi connectivity index (χ0n) is 16.5. The van der Waals surface area contributed by atoms with Crippen LogP contribution in [0.5, 0.6) is 11.5 Å². The summed E-state index contributed by atoms with van der Waals surface area (Å²) in [7, 11) is 0. The third-order valence-electron chi connectivity index (χ3n) is 5.04. The first-order valence-electron chi connectivity index (χ1n) is 9.85. The van der Waals surface area contributed by atoms with E-state index in [-0.39, 0.29) is 25.3 Å². The van der Waals surface area contributed by atoms with Crippen LogP contribution in [0, 0.1) is 0 Å². The van der Waals surface area contributed by atoms with Gasteiger partial charge in [0.1, 0.15) is 5.82 Å². The Labute approximate surface area is 176 Å². The van der Waals surface area contributed by atoms with Gasteiger partial charge in [-0.25, -0.2) is 4.98 Å². The second-order valence-electron chi connectivity index (χ2n) is 7.16. The molecule has 0 saturated carbocycles. The molecule has 0 fully saturated rings. The number of carbonyl (C=O) groups is 1. The summed E-state index contributed by atoms with van der Waals surface area (Å²) >= 11 is 0. The van der Waals surface area contributed by atoms with Gasteiger partial charge in [0, 0.05) is 30.5 Å². The highest BCUT2D eigenvalue weighted by molar-refractivity contribution is 6.00. The van der Waals surface area contributed by atoms with Gasteiger partial charge >= 0.3 is 0 Å². The lowest BCUT2D eigenvalue weighted by atomic mass is 10.1. The highest BCUT2D eigenvalue weighted by atomic mass is 16.7. The normalized spacial score (nSPS) is 12.5. The molecule has 4 N–H and O–H groups in total. The number of rotatable bonds is 6. The van der Waals surface area contributed by atoms with Crippen LogP contribution in [0.25, 0.3) is 16.6 Å². The van der Waals surface area contributed by atoms with Crippen molar-refractivity contribution in [2.75, 3.05) is 25.7 Å². The molecular weight excluding hydrogens is 400 g/mol. The molecule has 158 valence electrons. The van der Waals surface area contributed by atoms with Crippen LogP contribution in [0.1, 0.15) is 28.2 Å². The number of nitrogens with two attached hydrogens (primary N) is 1. The van der Waals surface area contributed by atoms with Gasteiger partial charge in [0.15, 0.2) is 17.1 Å². The first-order valence-corrected chi connectivity index (χ1v) is 9.85. The lowest BCUT2D eigenvalue weighted by Gasteiger charge is -2.09. The van der Waals surface area contributed by atoms with Gasteiger partial charge in [-0.2, -0.15) is 9.50 Å². The lowest BCUT2D eigenvalue weighted by molar-refractivity contribution is 0.0951. The molecule has 10 nitrogen and oxygen atoms in total. The molecule has 0 bridgehead atoms. The van der Waals surface area contributed by atoms with Crippen molar-refractivity contribution in [3.63, 3.8) is 0 Å². The number of nitrogens with one attached hydrogen (secondary N) is 1. The number of anilines is 1. The largest absolute Gasteiger partial charge is 0.454 e. The molecular formula is C21H20N6O4. The van der Waals surface area contributed by atoms with Crippen molar-refractivity contribution < 1.29 is 19.4 Å². The number of carbonyl (C=O) groups excluding carboxylic acids is 1. The fraction of sp³-hybridized carbons (Fsp3) is 0.238. The fourth-order valence-corrected chi connectivity index (χ4v) is 3.55. The number of amides is 1. The number of aliphatic hydroxyl groups is 1. The average molecular weight is 420 g/mol. The molecule has 0 aliphatic carbocycles. The minimum Gasteiger partial charge on any atom is -0.454 e. The van der Waals surface area contributed by atoms with E-state index in [1.54, 1.807) is 22.7 Å². The van der Waals surface area contributed by atoms with E-state index in [1.165, 1.54) is 0 Å². The molecule has 0 saturated heterocycles. The van der Waals surface area contributed by atoms with Crippen LogP contribution < -0.4 is 20.5 Å². The van der Waals surface area contributed by atoms with Gasteiger partial charge in [-0.1, -0.05) is 6.07 Å². The van der Waals surface area contributed by atoms with Crippen molar-refractivity contribution in [1.82, 2.24) is 24.9 Å². The molecule has 1 amide bonds. The molecule has 5 rings (SSSR count). The van der Waals surface area contributed by atoms with Crippen molar-refractivity contribution in [3.05, 3.63) is 53.3 Å². The quantitative estimate of drug-likeness (QED) is 0.397. The van der Waals surface area contributed by atoms with Crippen molar-refractivity contribution >= 4 is 28.4 Å². The molecule has 2 aromatic carbocycles. The second kappa shape index (κ2) is 7.73. The maximum Gasteiger partial charge on any atom is 0.251 e. The number of ether oxygens (including phenoxy) is 2. The van der Waals surface area contributed by atoms with Crippen LogP contribution in [0.2, 0.25) is 0 Å². The standard InChI is InChI=1S/C21H20N6O4/c22-21-25-19-14-4-3-13(20(29)23-6-1-7-28)10-15(14)24-18(27(19)26-21)9-12-2-5-16-17(8-12)31-11-30-16/h2-5,8,10,28H,1,6-7,9,11H2,(H2,22,26)(H,23,29). The molecule has 0 atom stereocenters. The number of benzene rings is 2. The molecule has 0 unspecified atom stereocenters. The van der Waals surface area contributed by atoms with E-state index in [0.29, 0.717) is 53.4 Å². The Balaban J connectivity index is 1.55. The average Bonchev–Trinajstić information content (AvgIpc) is 3.39. The van der Waals surface area contributed by atoms with E-state index < -0.39 is 0 Å². The van der Waals surface area contributed by atoms with Crippen LogP contribution >= 0.6 is 0 Å². The minimum absolute atomic E-state index is 0.0229. The van der Waals surface area contributed by atoms with Crippen LogP contribution in [0.15, 0.2) is 36.4 Å². The third kappa shape index (κ3) is 3.57. The van der Waals surface area contributed by atoms with Crippen LogP contribution in [0.4, 0.5) is 5.95 Å². The fourth-order valence-electron chi connectivity index (χ4n) is 3.55. The molecule has 1 aliphatic heterocycles. The van der Waals surface area contributed by atoms with Crippen LogP contribution in [0.3, 0.4) is 0 Å². The lowest BCUT2D eigenvalue weighted by Crippen LogP contribution is -2.25. The molecule has 0 radical (unpaired) electrons. The van der Waals surface area contributed by atoms with Gasteiger partial charge < -0.3 is 25.6 Å². The Morgan fingerprint density at radius 3 is 2.90 bits per heavy atom. The highest BCUT2D eigenvalue weighted by Gasteiger charge is 2.17. The minimum atomic E-state index is -0.227. The van der Waals surface area contributed by atoms with E-state index in [0.717, 1.165) is 10.9 Å². The van der Waals surface area contributed by atoms with Gasteiger partial charge in [-0.05, 0) is 42.3 Å². The zero-order chi connectivity index (χ0) is 21.4. The smallest absolute Gasteiger partial charge is 0.251 e. The summed E-state index contributed by atoms with van der Waals surface area (Å²) in [6.07, 6.45) is 0.954. The van der Waals surface area contributed by atoms with E-state index in [4.69, 9.17) is 25.3 Å². The molecule has 10 heteroatoms. The summed E-state index contributed by atoms with van der Waals surface area (Å²) in [5, 5.41) is 16.7. The summed E-state index contributed by atoms with van der Waals surface area (Å²) in [5.74, 6) is 1.95. The highest BCUT2D eigenvalue weighted by Crippen LogP contribution is 2.33. The summed E-state index contributed by atoms with van der Waals surface area (Å²) in [5.41, 5.74) is 8.50. The van der Waals surface area contributed by atoms with Crippen molar-refractivity contribution in [2.24, 2.45) is 0 Å². The van der Waals surface area contributed by atoms with E-state index in [2.05, 4.69) is 15.4 Å². The molecule has 4 aromatic rings. The number of aliphatic hydroxyl groups excluding tert-OH is 1. The van der Waals surface area contributed by atoms with E-state index in [9.17, 15) is 4.79 Å². The predicted octanol–water partition coefficient (Wildman–Crippen LogP) is 1.29. The maximum atomic E-state index is 12.4. The number of fused-ring (bicyclic) bond motifs is 4. The van der Waals surface area contributed by atoms with Gasteiger partial charge in [0.2, 0.25) is 12.7 Å². The maximum absolute atomic E-state index is 12.4. The number of aromatic nitrogens is 4. The Hall–Kier alpha value is -3.92. The van der Waals surface area contributed by atoms with Gasteiger partial charge in [0.05, 0.1) is 5.52 Å². The second-order valence-corrected chi connectivity index (χ2v) is 7.16. The van der Waals surface area contributed by atoms with Crippen molar-refractivity contribution in [2.45, 2.75) is 12.8 Å². The summed E-state index contributed by atoms with van der Waals surface area (Å²) < 4.78 is 12.5. The molecule has 1 aliphatic rings. The molecule has 0 spiro atoms. The number of hydrogen-bond donors (Lipinski definition) is 3. The Kier molecular flexibility index (Phi) is 4.75. The molecule has 3 heterocycles. The first-order chi connectivity index (χ1) is 15.1. The summed E-state index contributed by atoms with van der Waals surface area (Å²) in [4.78, 5) is 21.5. The van der Waals surface area contributed by atoms with Gasteiger partial charge in [-0.15, -0.1) is 5.10 Å². The van der Waals surface area contributed by atoms with E-state index in [1.807, 2.05) is 18.2 Å². The first kappa shape index (κ1) is 19.1. The SMILES string of the molecule is Nc1nc2c3ccc(C(=O)NCCCO)cc3nc(Cc3ccc4c(c3)OCO4)n2n1. The number of hydrogen-bond acceptors (Lipinski definition) is 8. The Morgan fingerprint density at radius 2 is 2.03 bits per heavy atom. The molecule has 31 heavy (non-hydrogen) atoms. The van der Waals surface area contributed by atoms with Gasteiger partial charge in [0.25, 0.3) is 5.91 Å².